The van der Waals surface area contributed by atoms with Gasteiger partial charge in [0.15, 0.2) is 6.10 Å². The average molecular weight is 245 g/mol. The molecule has 1 aliphatic heterocycles. The van der Waals surface area contributed by atoms with Crippen molar-refractivity contribution in [3.8, 4) is 0 Å². The number of nitrogens with zero attached hydrogens (tertiary/aromatic N) is 1. The quantitative estimate of drug-likeness (QED) is 0.655. The van der Waals surface area contributed by atoms with E-state index < -0.39 is 23.8 Å². The molecule has 1 unspecified atom stereocenters. The lowest BCUT2D eigenvalue weighted by Gasteiger charge is -2.32. The van der Waals surface area contributed by atoms with Gasteiger partial charge >= 0.3 is 12.1 Å². The minimum Gasteiger partial charge on any atom is -0.467 e. The highest BCUT2D eigenvalue weighted by Crippen LogP contribution is 2.18. The van der Waals surface area contributed by atoms with Gasteiger partial charge in [0.2, 0.25) is 0 Å². The van der Waals surface area contributed by atoms with Gasteiger partial charge in [-0.05, 0) is 33.6 Å². The molecule has 0 bridgehead atoms. The van der Waals surface area contributed by atoms with Gasteiger partial charge in [-0.2, -0.15) is 5.06 Å². The summed E-state index contributed by atoms with van der Waals surface area (Å²) in [6, 6.07) is 0. The molecule has 0 spiro atoms. The number of hydroxylamine groups is 2. The standard InChI is InChI=1S/C11H19NO5/c1-11(2,3)16-10(14)12-7-5-6-8(17-12)9(13)15-4/h8H,5-7H2,1-4H3. The summed E-state index contributed by atoms with van der Waals surface area (Å²) in [5, 5.41) is 1.08. The van der Waals surface area contributed by atoms with Crippen LogP contribution in [-0.2, 0) is 19.1 Å². The van der Waals surface area contributed by atoms with Crippen molar-refractivity contribution in [2.45, 2.75) is 45.3 Å². The Kier molecular flexibility index (Phi) is 4.34. The van der Waals surface area contributed by atoms with Gasteiger partial charge < -0.3 is 9.47 Å². The molecule has 1 atom stereocenters. The largest absolute Gasteiger partial charge is 0.467 e. The molecule has 1 fully saturated rings. The molecule has 0 saturated carbocycles. The van der Waals surface area contributed by atoms with Crippen LogP contribution in [0.4, 0.5) is 4.79 Å². The molecular weight excluding hydrogens is 226 g/mol. The molecule has 1 amide bonds. The lowest BCUT2D eigenvalue weighted by molar-refractivity contribution is -0.215. The van der Waals surface area contributed by atoms with Gasteiger partial charge in [0, 0.05) is 0 Å². The molecule has 0 N–H and O–H groups in total. The van der Waals surface area contributed by atoms with Crippen molar-refractivity contribution in [1.82, 2.24) is 5.06 Å². The zero-order valence-corrected chi connectivity index (χ0v) is 10.7. The molecule has 6 nitrogen and oxygen atoms in total. The van der Waals surface area contributed by atoms with E-state index in [-0.39, 0.29) is 0 Å². The molecule has 98 valence electrons. The highest BCUT2D eigenvalue weighted by Gasteiger charge is 2.32. The van der Waals surface area contributed by atoms with E-state index in [0.29, 0.717) is 19.4 Å². The summed E-state index contributed by atoms with van der Waals surface area (Å²) in [4.78, 5) is 28.2. The Labute approximate surface area is 101 Å². The second-order valence-corrected chi connectivity index (χ2v) is 4.84. The van der Waals surface area contributed by atoms with E-state index in [0.717, 1.165) is 5.06 Å². The summed E-state index contributed by atoms with van der Waals surface area (Å²) in [5.74, 6) is -0.474. The lowest BCUT2D eigenvalue weighted by Crippen LogP contribution is -2.45. The fourth-order valence-corrected chi connectivity index (χ4v) is 1.42. The first-order valence-corrected chi connectivity index (χ1v) is 5.58. The van der Waals surface area contributed by atoms with Crippen molar-refractivity contribution < 1.29 is 23.9 Å². The maximum Gasteiger partial charge on any atom is 0.434 e. The zero-order valence-electron chi connectivity index (χ0n) is 10.7. The molecular formula is C11H19NO5. The lowest BCUT2D eigenvalue weighted by atomic mass is 10.2. The normalized spacial score (nSPS) is 20.9. The molecule has 17 heavy (non-hydrogen) atoms. The van der Waals surface area contributed by atoms with Crippen LogP contribution in [0, 0.1) is 0 Å². The Morgan fingerprint density at radius 2 is 2.00 bits per heavy atom. The molecule has 0 aromatic heterocycles. The van der Waals surface area contributed by atoms with E-state index in [1.54, 1.807) is 20.8 Å². The summed E-state index contributed by atoms with van der Waals surface area (Å²) in [5.41, 5.74) is -0.585. The van der Waals surface area contributed by atoms with Crippen molar-refractivity contribution in [3.63, 3.8) is 0 Å². The highest BCUT2D eigenvalue weighted by molar-refractivity contribution is 5.75. The highest BCUT2D eigenvalue weighted by atomic mass is 16.7. The Balaban J connectivity index is 2.55. The number of hydrogen-bond acceptors (Lipinski definition) is 5. The average Bonchev–Trinajstić information content (AvgIpc) is 2.26. The number of methoxy groups -OCH3 is 1. The van der Waals surface area contributed by atoms with Gasteiger partial charge in [-0.15, -0.1) is 0 Å². The molecule has 1 aliphatic rings. The first kappa shape index (κ1) is 13.8. The van der Waals surface area contributed by atoms with Crippen LogP contribution in [0.3, 0.4) is 0 Å². The van der Waals surface area contributed by atoms with Gasteiger partial charge in [-0.25, -0.2) is 9.59 Å². The van der Waals surface area contributed by atoms with Crippen LogP contribution in [0.25, 0.3) is 0 Å². The fourth-order valence-electron chi connectivity index (χ4n) is 1.42. The van der Waals surface area contributed by atoms with Crippen LogP contribution in [0.2, 0.25) is 0 Å². The van der Waals surface area contributed by atoms with Crippen molar-refractivity contribution in [1.29, 1.82) is 0 Å². The molecule has 1 heterocycles. The smallest absolute Gasteiger partial charge is 0.434 e. The summed E-state index contributed by atoms with van der Waals surface area (Å²) in [6.07, 6.45) is -0.0716. The second-order valence-electron chi connectivity index (χ2n) is 4.84. The van der Waals surface area contributed by atoms with Crippen molar-refractivity contribution in [3.05, 3.63) is 0 Å². The van der Waals surface area contributed by atoms with Crippen LogP contribution in [0.15, 0.2) is 0 Å². The predicted octanol–water partition coefficient (Wildman–Crippen LogP) is 1.49. The number of ether oxygens (including phenoxy) is 2. The minimum atomic E-state index is -0.721. The molecule has 0 radical (unpaired) electrons. The third-order valence-corrected chi connectivity index (χ3v) is 2.14. The van der Waals surface area contributed by atoms with Crippen LogP contribution in [0.5, 0.6) is 0 Å². The molecule has 1 saturated heterocycles. The Morgan fingerprint density at radius 3 is 2.53 bits per heavy atom. The predicted molar refractivity (Wildman–Crippen MR) is 59.1 cm³/mol. The molecule has 0 aromatic carbocycles. The van der Waals surface area contributed by atoms with Crippen LogP contribution >= 0.6 is 0 Å². The third kappa shape index (κ3) is 4.22. The van der Waals surface area contributed by atoms with Crippen LogP contribution in [-0.4, -0.2) is 42.5 Å². The van der Waals surface area contributed by atoms with Crippen LogP contribution < -0.4 is 0 Å². The van der Waals surface area contributed by atoms with Gasteiger partial charge in [-0.3, -0.25) is 4.84 Å². The maximum absolute atomic E-state index is 11.7. The Hall–Kier alpha value is -1.30. The minimum absolute atomic E-state index is 0.419. The maximum atomic E-state index is 11.7. The Morgan fingerprint density at radius 1 is 1.35 bits per heavy atom. The number of amides is 1. The number of esters is 1. The summed E-state index contributed by atoms with van der Waals surface area (Å²) >= 11 is 0. The molecule has 0 aliphatic carbocycles. The summed E-state index contributed by atoms with van der Waals surface area (Å²) in [7, 11) is 1.29. The molecule has 6 heteroatoms. The van der Waals surface area contributed by atoms with Crippen molar-refractivity contribution in [2.24, 2.45) is 0 Å². The Bertz CT molecular complexity index is 297. The number of carbonyl (C=O) groups is 2. The number of hydrogen-bond donors (Lipinski definition) is 0. The van der Waals surface area contributed by atoms with E-state index in [1.165, 1.54) is 7.11 Å². The summed E-state index contributed by atoms with van der Waals surface area (Å²) in [6.45, 7) is 5.73. The monoisotopic (exact) mass is 245 g/mol. The first-order valence-electron chi connectivity index (χ1n) is 5.58. The van der Waals surface area contributed by atoms with Crippen molar-refractivity contribution in [2.75, 3.05) is 13.7 Å². The van der Waals surface area contributed by atoms with E-state index in [4.69, 9.17) is 9.57 Å². The van der Waals surface area contributed by atoms with Gasteiger partial charge in [0.1, 0.15) is 5.60 Å². The van der Waals surface area contributed by atoms with E-state index in [9.17, 15) is 9.59 Å². The van der Waals surface area contributed by atoms with Gasteiger partial charge in [0.25, 0.3) is 0 Å². The van der Waals surface area contributed by atoms with Crippen molar-refractivity contribution >= 4 is 12.1 Å². The van der Waals surface area contributed by atoms with E-state index >= 15 is 0 Å². The van der Waals surface area contributed by atoms with E-state index in [2.05, 4.69) is 4.74 Å². The van der Waals surface area contributed by atoms with E-state index in [1.807, 2.05) is 0 Å². The van der Waals surface area contributed by atoms with Gasteiger partial charge in [-0.1, -0.05) is 0 Å². The first-order chi connectivity index (χ1) is 7.83. The SMILES string of the molecule is COC(=O)C1CCCN(C(=O)OC(C)(C)C)O1. The zero-order chi connectivity index (χ0) is 13.1. The van der Waals surface area contributed by atoms with Gasteiger partial charge in [0.05, 0.1) is 13.7 Å². The summed E-state index contributed by atoms with van der Waals surface area (Å²) < 4.78 is 9.72. The molecule has 1 rings (SSSR count). The van der Waals surface area contributed by atoms with Crippen LogP contribution in [0.1, 0.15) is 33.6 Å². The second kappa shape index (κ2) is 5.35. The fraction of sp³-hybridized carbons (Fsp3) is 0.818. The third-order valence-electron chi connectivity index (χ3n) is 2.14. The number of carbonyl (C=O) groups excluding carboxylic acids is 2. The molecule has 0 aromatic rings. The topological polar surface area (TPSA) is 65.1 Å². The number of rotatable bonds is 1.